The maximum absolute atomic E-state index is 11.7. The summed E-state index contributed by atoms with van der Waals surface area (Å²) in [6.07, 6.45) is 0.979. The van der Waals surface area contributed by atoms with E-state index in [4.69, 9.17) is 0 Å². The van der Waals surface area contributed by atoms with Gasteiger partial charge in [0, 0.05) is 39.1 Å². The lowest BCUT2D eigenvalue weighted by Crippen LogP contribution is -2.44. The quantitative estimate of drug-likeness (QED) is 0.578. The average molecular weight is 319 g/mol. The highest BCUT2D eigenvalue weighted by molar-refractivity contribution is 7.91. The molecule has 1 fully saturated rings. The third-order valence-electron chi connectivity index (χ3n) is 3.41. The van der Waals surface area contributed by atoms with Gasteiger partial charge in [-0.05, 0) is 18.9 Å². The lowest BCUT2D eigenvalue weighted by Gasteiger charge is -2.27. The van der Waals surface area contributed by atoms with Gasteiger partial charge in [0.25, 0.3) is 0 Å². The minimum absolute atomic E-state index is 0.0468. The summed E-state index contributed by atoms with van der Waals surface area (Å²) in [6, 6.07) is 0. The molecule has 0 aliphatic carbocycles. The zero-order chi connectivity index (χ0) is 15.7. The van der Waals surface area contributed by atoms with Gasteiger partial charge in [-0.25, -0.2) is 8.42 Å². The predicted molar refractivity (Wildman–Crippen MR) is 85.0 cm³/mol. The third-order valence-corrected chi connectivity index (χ3v) is 5.41. The number of nitrogens with zero attached hydrogens (tertiary/aromatic N) is 1. The Morgan fingerprint density at radius 3 is 2.57 bits per heavy atom. The lowest BCUT2D eigenvalue weighted by atomic mass is 10.3. The van der Waals surface area contributed by atoms with Crippen molar-refractivity contribution in [1.29, 1.82) is 0 Å². The monoisotopic (exact) mass is 319 g/mol. The van der Waals surface area contributed by atoms with Crippen LogP contribution in [0.15, 0.2) is 0 Å². The number of nitrogens with one attached hydrogen (secondary N) is 2. The molecule has 1 aliphatic rings. The van der Waals surface area contributed by atoms with Gasteiger partial charge in [0.05, 0.1) is 11.5 Å². The van der Waals surface area contributed by atoms with Crippen LogP contribution in [0.3, 0.4) is 0 Å². The van der Waals surface area contributed by atoms with Crippen LogP contribution < -0.4 is 10.6 Å². The summed E-state index contributed by atoms with van der Waals surface area (Å²) >= 11 is 0. The first-order valence-electron chi connectivity index (χ1n) is 7.79. The zero-order valence-electron chi connectivity index (χ0n) is 13.2. The number of carbonyl (C=O) groups excluding carboxylic acids is 1. The molecule has 1 amide bonds. The molecular formula is C14H29N3O3S. The van der Waals surface area contributed by atoms with Crippen LogP contribution in [0.1, 0.15) is 26.7 Å². The lowest BCUT2D eigenvalue weighted by molar-refractivity contribution is -0.120. The summed E-state index contributed by atoms with van der Waals surface area (Å²) in [7, 11) is -3.10. The van der Waals surface area contributed by atoms with Gasteiger partial charge in [-0.1, -0.05) is 13.8 Å². The van der Waals surface area contributed by atoms with Gasteiger partial charge in [0.2, 0.25) is 5.91 Å². The standard InChI is InChI=1S/C14H29N3O3S/c1-13(2)12-21(19,20)11-4-14(18)16-5-3-8-17-9-6-15-7-10-17/h13,15H,3-12H2,1-2H3,(H,16,18). The Labute approximate surface area is 128 Å². The summed E-state index contributed by atoms with van der Waals surface area (Å²) in [5.41, 5.74) is 0. The molecule has 0 unspecified atom stereocenters. The van der Waals surface area contributed by atoms with Crippen LogP contribution in [0, 0.1) is 5.92 Å². The number of hydrogen-bond acceptors (Lipinski definition) is 5. The van der Waals surface area contributed by atoms with Crippen LogP contribution in [-0.2, 0) is 14.6 Å². The molecule has 21 heavy (non-hydrogen) atoms. The van der Waals surface area contributed by atoms with Crippen molar-refractivity contribution in [3.8, 4) is 0 Å². The number of piperazine rings is 1. The van der Waals surface area contributed by atoms with Crippen molar-refractivity contribution >= 4 is 15.7 Å². The number of sulfone groups is 1. The first-order chi connectivity index (χ1) is 9.89. The molecule has 7 heteroatoms. The highest BCUT2D eigenvalue weighted by atomic mass is 32.2. The fraction of sp³-hybridized carbons (Fsp3) is 0.929. The van der Waals surface area contributed by atoms with Gasteiger partial charge < -0.3 is 15.5 Å². The Balaban J connectivity index is 2.08. The van der Waals surface area contributed by atoms with E-state index in [0.29, 0.717) is 6.54 Å². The average Bonchev–Trinajstić information content (AvgIpc) is 2.41. The molecule has 0 aromatic carbocycles. The second-order valence-electron chi connectivity index (χ2n) is 6.05. The molecule has 2 N–H and O–H groups in total. The van der Waals surface area contributed by atoms with E-state index in [2.05, 4.69) is 15.5 Å². The molecule has 1 rings (SSSR count). The van der Waals surface area contributed by atoms with Crippen LogP contribution in [0.5, 0.6) is 0 Å². The maximum atomic E-state index is 11.7. The molecule has 1 aliphatic heterocycles. The molecule has 0 atom stereocenters. The van der Waals surface area contributed by atoms with Crippen LogP contribution in [0.2, 0.25) is 0 Å². The molecule has 1 heterocycles. The number of carbonyl (C=O) groups is 1. The molecule has 0 saturated carbocycles. The first kappa shape index (κ1) is 18.4. The summed E-state index contributed by atoms with van der Waals surface area (Å²) < 4.78 is 23.4. The number of hydrogen-bond donors (Lipinski definition) is 2. The van der Waals surface area contributed by atoms with Crippen molar-refractivity contribution in [3.63, 3.8) is 0 Å². The highest BCUT2D eigenvalue weighted by Crippen LogP contribution is 2.02. The van der Waals surface area contributed by atoms with E-state index in [1.807, 2.05) is 13.8 Å². The molecule has 124 valence electrons. The molecule has 0 radical (unpaired) electrons. The Kier molecular flexibility index (Phi) is 8.21. The minimum atomic E-state index is -3.10. The van der Waals surface area contributed by atoms with Gasteiger partial charge in [-0.3, -0.25) is 4.79 Å². The van der Waals surface area contributed by atoms with Crippen LogP contribution >= 0.6 is 0 Å². The Morgan fingerprint density at radius 1 is 1.29 bits per heavy atom. The topological polar surface area (TPSA) is 78.5 Å². The van der Waals surface area contributed by atoms with Crippen molar-refractivity contribution in [2.75, 3.05) is 50.8 Å². The Hall–Kier alpha value is -0.660. The molecule has 1 saturated heterocycles. The molecule has 0 aromatic rings. The molecule has 0 bridgehead atoms. The highest BCUT2D eigenvalue weighted by Gasteiger charge is 2.15. The number of rotatable bonds is 9. The fourth-order valence-electron chi connectivity index (χ4n) is 2.39. The normalized spacial score (nSPS) is 17.1. The van der Waals surface area contributed by atoms with Crippen LogP contribution in [0.4, 0.5) is 0 Å². The van der Waals surface area contributed by atoms with Gasteiger partial charge in [0.15, 0.2) is 9.84 Å². The molecule has 0 spiro atoms. The predicted octanol–water partition coefficient (Wildman–Crippen LogP) is -0.141. The molecule has 0 aromatic heterocycles. The van der Waals surface area contributed by atoms with Crippen molar-refractivity contribution in [2.24, 2.45) is 5.92 Å². The van der Waals surface area contributed by atoms with Crippen molar-refractivity contribution in [1.82, 2.24) is 15.5 Å². The fourth-order valence-corrected chi connectivity index (χ4v) is 4.07. The van der Waals surface area contributed by atoms with Crippen molar-refractivity contribution in [3.05, 3.63) is 0 Å². The summed E-state index contributed by atoms with van der Waals surface area (Å²) in [4.78, 5) is 14.0. The van der Waals surface area contributed by atoms with Crippen LogP contribution in [0.25, 0.3) is 0 Å². The van der Waals surface area contributed by atoms with Crippen molar-refractivity contribution in [2.45, 2.75) is 26.7 Å². The van der Waals surface area contributed by atoms with Gasteiger partial charge in [-0.2, -0.15) is 0 Å². The zero-order valence-corrected chi connectivity index (χ0v) is 14.0. The van der Waals surface area contributed by atoms with Gasteiger partial charge in [-0.15, -0.1) is 0 Å². The van der Waals surface area contributed by atoms with Gasteiger partial charge >= 0.3 is 0 Å². The van der Waals surface area contributed by atoms with E-state index >= 15 is 0 Å². The van der Waals surface area contributed by atoms with E-state index in [1.165, 1.54) is 0 Å². The molecular weight excluding hydrogens is 290 g/mol. The van der Waals surface area contributed by atoms with Crippen molar-refractivity contribution < 1.29 is 13.2 Å². The van der Waals surface area contributed by atoms with Gasteiger partial charge in [0.1, 0.15) is 0 Å². The molecule has 6 nitrogen and oxygen atoms in total. The first-order valence-corrected chi connectivity index (χ1v) is 9.61. The van der Waals surface area contributed by atoms with E-state index < -0.39 is 9.84 Å². The SMILES string of the molecule is CC(C)CS(=O)(=O)CCC(=O)NCCCN1CCNCC1. The second kappa shape index (κ2) is 9.38. The van der Waals surface area contributed by atoms with Crippen LogP contribution in [-0.4, -0.2) is 70.0 Å². The smallest absolute Gasteiger partial charge is 0.221 e. The van der Waals surface area contributed by atoms with E-state index in [1.54, 1.807) is 0 Å². The van der Waals surface area contributed by atoms with E-state index in [9.17, 15) is 13.2 Å². The Bertz CT molecular complexity index is 404. The Morgan fingerprint density at radius 2 is 1.95 bits per heavy atom. The third kappa shape index (κ3) is 9.06. The van der Waals surface area contributed by atoms with E-state index in [0.717, 1.165) is 39.1 Å². The second-order valence-corrected chi connectivity index (χ2v) is 8.28. The minimum Gasteiger partial charge on any atom is -0.356 e. The largest absolute Gasteiger partial charge is 0.356 e. The summed E-state index contributed by atoms with van der Waals surface area (Å²) in [5.74, 6) is 0.0534. The summed E-state index contributed by atoms with van der Waals surface area (Å²) in [5, 5.41) is 6.10. The summed E-state index contributed by atoms with van der Waals surface area (Å²) in [6.45, 7) is 9.50. The van der Waals surface area contributed by atoms with E-state index in [-0.39, 0.29) is 29.8 Å². The number of amides is 1. The maximum Gasteiger partial charge on any atom is 0.221 e.